The van der Waals surface area contributed by atoms with Crippen LogP contribution in [0.5, 0.6) is 11.5 Å². The quantitative estimate of drug-likeness (QED) is 0.489. The van der Waals surface area contributed by atoms with Gasteiger partial charge >= 0.3 is 0 Å². The van der Waals surface area contributed by atoms with Gasteiger partial charge in [0.15, 0.2) is 11.5 Å². The van der Waals surface area contributed by atoms with Gasteiger partial charge < -0.3 is 24.4 Å². The van der Waals surface area contributed by atoms with Crippen LogP contribution in [0.1, 0.15) is 42.5 Å². The van der Waals surface area contributed by atoms with Crippen molar-refractivity contribution in [2.24, 2.45) is 5.92 Å². The first-order valence-electron chi connectivity index (χ1n) is 13.4. The molecule has 0 bridgehead atoms. The molecule has 1 aromatic rings. The summed E-state index contributed by atoms with van der Waals surface area (Å²) in [6, 6.07) is 5.18. The predicted molar refractivity (Wildman–Crippen MR) is 138 cm³/mol. The van der Waals surface area contributed by atoms with E-state index in [0.717, 1.165) is 52.1 Å². The molecule has 4 rings (SSSR count). The summed E-state index contributed by atoms with van der Waals surface area (Å²) >= 11 is 0. The molecule has 2 aliphatic heterocycles. The van der Waals surface area contributed by atoms with Crippen molar-refractivity contribution in [3.63, 3.8) is 0 Å². The number of carbonyl (C=O) groups excluding carboxylic acids is 2. The van der Waals surface area contributed by atoms with Gasteiger partial charge in [0.2, 0.25) is 5.91 Å². The zero-order valence-electron chi connectivity index (χ0n) is 21.9. The van der Waals surface area contributed by atoms with E-state index in [4.69, 9.17) is 14.2 Å². The van der Waals surface area contributed by atoms with Crippen LogP contribution in [0.15, 0.2) is 18.2 Å². The molecule has 1 unspecified atom stereocenters. The maximum atomic E-state index is 13.4. The fourth-order valence-corrected chi connectivity index (χ4v) is 5.75. The number of hydrogen-bond donors (Lipinski definition) is 1. The summed E-state index contributed by atoms with van der Waals surface area (Å²) in [6.07, 6.45) is 5.57. The van der Waals surface area contributed by atoms with E-state index >= 15 is 0 Å². The minimum Gasteiger partial charge on any atom is -0.493 e. The fourth-order valence-electron chi connectivity index (χ4n) is 5.75. The van der Waals surface area contributed by atoms with E-state index in [1.54, 1.807) is 32.4 Å². The highest BCUT2D eigenvalue weighted by molar-refractivity contribution is 5.95. The lowest BCUT2D eigenvalue weighted by molar-refractivity contribution is -0.129. The Balaban J connectivity index is 1.30. The zero-order valence-corrected chi connectivity index (χ0v) is 21.9. The molecule has 1 N–H and O–H groups in total. The number of methoxy groups -OCH3 is 2. The third kappa shape index (κ3) is 6.69. The summed E-state index contributed by atoms with van der Waals surface area (Å²) in [7, 11) is 3.15. The van der Waals surface area contributed by atoms with Crippen molar-refractivity contribution in [3.05, 3.63) is 23.8 Å². The molecule has 9 nitrogen and oxygen atoms in total. The normalized spacial score (nSPS) is 20.8. The van der Waals surface area contributed by atoms with Crippen molar-refractivity contribution in [2.45, 2.75) is 38.1 Å². The molecular formula is C27H42N4O5. The van der Waals surface area contributed by atoms with Crippen LogP contribution in [-0.2, 0) is 9.53 Å². The molecular weight excluding hydrogens is 460 g/mol. The maximum absolute atomic E-state index is 13.4. The summed E-state index contributed by atoms with van der Waals surface area (Å²) in [5, 5.41) is 3.24. The molecule has 2 saturated heterocycles. The Morgan fingerprint density at radius 2 is 1.69 bits per heavy atom. The Morgan fingerprint density at radius 3 is 2.36 bits per heavy atom. The van der Waals surface area contributed by atoms with Gasteiger partial charge in [-0.3, -0.25) is 19.4 Å². The van der Waals surface area contributed by atoms with Gasteiger partial charge in [0.05, 0.1) is 33.5 Å². The second kappa shape index (κ2) is 13.3. The number of rotatable bonds is 10. The monoisotopic (exact) mass is 502 g/mol. The lowest BCUT2D eigenvalue weighted by Crippen LogP contribution is -2.58. The van der Waals surface area contributed by atoms with E-state index < -0.39 is 0 Å². The number of piperazine rings is 1. The molecule has 2 heterocycles. The van der Waals surface area contributed by atoms with Crippen LogP contribution in [-0.4, -0.2) is 112 Å². The van der Waals surface area contributed by atoms with Gasteiger partial charge in [-0.15, -0.1) is 0 Å². The number of carbonyl (C=O) groups is 2. The number of amides is 2. The van der Waals surface area contributed by atoms with Gasteiger partial charge in [0.25, 0.3) is 5.91 Å². The second-order valence-electron chi connectivity index (χ2n) is 9.99. The summed E-state index contributed by atoms with van der Waals surface area (Å²) < 4.78 is 16.1. The molecule has 9 heteroatoms. The predicted octanol–water partition coefficient (Wildman–Crippen LogP) is 1.86. The lowest BCUT2D eigenvalue weighted by Gasteiger charge is -2.40. The molecule has 1 aliphatic carbocycles. The summed E-state index contributed by atoms with van der Waals surface area (Å²) in [5.74, 6) is 1.70. The summed E-state index contributed by atoms with van der Waals surface area (Å²) in [6.45, 7) is 7.90. The van der Waals surface area contributed by atoms with Crippen molar-refractivity contribution in [1.29, 1.82) is 0 Å². The van der Waals surface area contributed by atoms with Crippen LogP contribution in [0.2, 0.25) is 0 Å². The molecule has 0 spiro atoms. The Labute approximate surface area is 215 Å². The molecule has 200 valence electrons. The Hall–Kier alpha value is -2.36. The first-order chi connectivity index (χ1) is 17.6. The van der Waals surface area contributed by atoms with Crippen LogP contribution in [0.3, 0.4) is 0 Å². The van der Waals surface area contributed by atoms with Crippen molar-refractivity contribution in [3.8, 4) is 11.5 Å². The van der Waals surface area contributed by atoms with Crippen LogP contribution >= 0.6 is 0 Å². The van der Waals surface area contributed by atoms with Crippen LogP contribution in [0.25, 0.3) is 0 Å². The molecule has 1 saturated carbocycles. The SMILES string of the molecule is COc1ccc(C(=O)N2CCN(C(C(=O)NCCCN3CCOCC3)C3CCCC3)CC2)cc1OC. The van der Waals surface area contributed by atoms with Crippen molar-refractivity contribution >= 4 is 11.8 Å². The van der Waals surface area contributed by atoms with Gasteiger partial charge in [-0.1, -0.05) is 12.8 Å². The first kappa shape index (κ1) is 26.7. The zero-order chi connectivity index (χ0) is 25.3. The summed E-state index contributed by atoms with van der Waals surface area (Å²) in [5.41, 5.74) is 0.589. The van der Waals surface area contributed by atoms with E-state index in [2.05, 4.69) is 15.1 Å². The van der Waals surface area contributed by atoms with Crippen LogP contribution in [0, 0.1) is 5.92 Å². The van der Waals surface area contributed by atoms with Gasteiger partial charge in [-0.2, -0.15) is 0 Å². The second-order valence-corrected chi connectivity index (χ2v) is 9.99. The maximum Gasteiger partial charge on any atom is 0.254 e. The van der Waals surface area contributed by atoms with E-state index in [1.807, 2.05) is 4.90 Å². The molecule has 1 aromatic carbocycles. The molecule has 2 amide bonds. The Kier molecular flexibility index (Phi) is 9.83. The number of morpholine rings is 1. The van der Waals surface area contributed by atoms with Gasteiger partial charge in [-0.05, 0) is 49.9 Å². The average Bonchev–Trinajstić information content (AvgIpc) is 3.46. The largest absolute Gasteiger partial charge is 0.493 e. The van der Waals surface area contributed by atoms with Crippen LogP contribution in [0.4, 0.5) is 0 Å². The Morgan fingerprint density at radius 1 is 1.00 bits per heavy atom. The van der Waals surface area contributed by atoms with E-state index in [-0.39, 0.29) is 17.9 Å². The van der Waals surface area contributed by atoms with Crippen molar-refractivity contribution < 1.29 is 23.8 Å². The number of benzene rings is 1. The lowest BCUT2D eigenvalue weighted by atomic mass is 9.95. The molecule has 0 radical (unpaired) electrons. The Bertz CT molecular complexity index is 862. The molecule has 3 aliphatic rings. The molecule has 0 aromatic heterocycles. The molecule has 3 fully saturated rings. The van der Waals surface area contributed by atoms with E-state index in [9.17, 15) is 9.59 Å². The van der Waals surface area contributed by atoms with Gasteiger partial charge in [-0.25, -0.2) is 0 Å². The third-order valence-electron chi connectivity index (χ3n) is 7.79. The van der Waals surface area contributed by atoms with Gasteiger partial charge in [0, 0.05) is 51.4 Å². The molecule has 1 atom stereocenters. The first-order valence-corrected chi connectivity index (χ1v) is 13.4. The number of nitrogens with zero attached hydrogens (tertiary/aromatic N) is 3. The highest BCUT2D eigenvalue weighted by Crippen LogP contribution is 2.32. The van der Waals surface area contributed by atoms with Gasteiger partial charge in [0.1, 0.15) is 0 Å². The minimum absolute atomic E-state index is 0.0133. The summed E-state index contributed by atoms with van der Waals surface area (Å²) in [4.78, 5) is 33.1. The third-order valence-corrected chi connectivity index (χ3v) is 7.79. The van der Waals surface area contributed by atoms with Crippen LogP contribution < -0.4 is 14.8 Å². The fraction of sp³-hybridized carbons (Fsp3) is 0.704. The van der Waals surface area contributed by atoms with Crippen molar-refractivity contribution in [2.75, 3.05) is 79.8 Å². The highest BCUT2D eigenvalue weighted by atomic mass is 16.5. The number of ether oxygens (including phenoxy) is 3. The highest BCUT2D eigenvalue weighted by Gasteiger charge is 2.37. The molecule has 36 heavy (non-hydrogen) atoms. The minimum atomic E-state index is -0.103. The topological polar surface area (TPSA) is 83.6 Å². The smallest absolute Gasteiger partial charge is 0.254 e. The number of hydrogen-bond acceptors (Lipinski definition) is 7. The standard InChI is InChI=1S/C27H42N4O5/c1-34-23-9-8-22(20-24(23)35-2)27(33)31-14-12-30(13-15-31)25(21-6-3-4-7-21)26(32)28-10-5-11-29-16-18-36-19-17-29/h8-9,20-21,25H,3-7,10-19H2,1-2H3,(H,28,32). The van der Waals surface area contributed by atoms with E-state index in [1.165, 1.54) is 12.8 Å². The average molecular weight is 503 g/mol. The van der Waals surface area contributed by atoms with Crippen molar-refractivity contribution in [1.82, 2.24) is 20.0 Å². The number of nitrogens with one attached hydrogen (secondary N) is 1. The van der Waals surface area contributed by atoms with E-state index in [0.29, 0.717) is 55.7 Å².